The topological polar surface area (TPSA) is 102 Å². The minimum atomic E-state index is -1.93. The predicted octanol–water partition coefficient (Wildman–Crippen LogP) is 1.05. The van der Waals surface area contributed by atoms with E-state index in [1.54, 1.807) is 44.2 Å². The molecule has 0 spiro atoms. The molecule has 0 aliphatic rings. The Hall–Kier alpha value is -2.41. The molecular weight excluding hydrogens is 314 g/mol. The molecule has 0 aromatic heterocycles. The monoisotopic (exact) mass is 337 g/mol. The third-order valence-corrected chi connectivity index (χ3v) is 3.23. The van der Waals surface area contributed by atoms with Crippen molar-refractivity contribution in [1.29, 1.82) is 0 Å². The van der Waals surface area contributed by atoms with Crippen LogP contribution in [-0.4, -0.2) is 47.8 Å². The Kier molecular flexibility index (Phi) is 7.38. The van der Waals surface area contributed by atoms with Gasteiger partial charge in [0.25, 0.3) is 5.91 Å². The van der Waals surface area contributed by atoms with E-state index in [0.29, 0.717) is 5.56 Å². The molecule has 0 saturated carbocycles. The summed E-state index contributed by atoms with van der Waals surface area (Å²) in [5, 5.41) is 12.7. The van der Waals surface area contributed by atoms with Crippen LogP contribution in [0.4, 0.5) is 0 Å². The SMILES string of the molecule is CCOC(=O)[C@H](C[C@@](C)(O)C(=O)OCC)NC(=O)c1ccccc1. The van der Waals surface area contributed by atoms with E-state index < -0.39 is 29.5 Å². The fourth-order valence-corrected chi connectivity index (χ4v) is 2.03. The second-order valence-corrected chi connectivity index (χ2v) is 5.34. The van der Waals surface area contributed by atoms with Gasteiger partial charge < -0.3 is 19.9 Å². The molecule has 1 aromatic rings. The Labute approximate surface area is 141 Å². The summed E-state index contributed by atoms with van der Waals surface area (Å²) in [5.41, 5.74) is -1.58. The van der Waals surface area contributed by atoms with Crippen LogP contribution in [0.15, 0.2) is 30.3 Å². The number of esters is 2. The predicted molar refractivity (Wildman–Crippen MR) is 86.2 cm³/mol. The number of ether oxygens (including phenoxy) is 2. The third-order valence-electron chi connectivity index (χ3n) is 3.23. The first kappa shape index (κ1) is 19.6. The summed E-state index contributed by atoms with van der Waals surface area (Å²) in [6.07, 6.45) is -0.358. The molecule has 0 radical (unpaired) electrons. The molecular formula is C17H23NO6. The van der Waals surface area contributed by atoms with Gasteiger partial charge in [-0.25, -0.2) is 9.59 Å². The molecule has 0 aliphatic heterocycles. The van der Waals surface area contributed by atoms with Crippen molar-refractivity contribution in [3.63, 3.8) is 0 Å². The molecule has 0 saturated heterocycles. The maximum absolute atomic E-state index is 12.2. The van der Waals surface area contributed by atoms with Gasteiger partial charge in [0.2, 0.25) is 0 Å². The van der Waals surface area contributed by atoms with Gasteiger partial charge in [-0.1, -0.05) is 18.2 Å². The van der Waals surface area contributed by atoms with Crippen LogP contribution < -0.4 is 5.32 Å². The van der Waals surface area contributed by atoms with Crippen LogP contribution in [0, 0.1) is 0 Å². The minimum absolute atomic E-state index is 0.0927. The van der Waals surface area contributed by atoms with E-state index in [4.69, 9.17) is 9.47 Å². The number of amides is 1. The Morgan fingerprint density at radius 2 is 1.71 bits per heavy atom. The molecule has 0 heterocycles. The number of carbonyl (C=O) groups excluding carboxylic acids is 3. The molecule has 132 valence electrons. The maximum atomic E-state index is 12.2. The average molecular weight is 337 g/mol. The number of aliphatic hydroxyl groups is 1. The highest BCUT2D eigenvalue weighted by Gasteiger charge is 2.38. The smallest absolute Gasteiger partial charge is 0.337 e. The van der Waals surface area contributed by atoms with E-state index in [2.05, 4.69) is 5.32 Å². The molecule has 0 aliphatic carbocycles. The van der Waals surface area contributed by atoms with Crippen LogP contribution in [0.25, 0.3) is 0 Å². The van der Waals surface area contributed by atoms with Crippen molar-refractivity contribution in [2.24, 2.45) is 0 Å². The Bertz CT molecular complexity index is 570. The standard InChI is InChI=1S/C17H23NO6/c1-4-23-15(20)13(11-17(3,22)16(21)24-5-2)18-14(19)12-9-7-6-8-10-12/h6-10,13,22H,4-5,11H2,1-3H3,(H,18,19)/t13-,17+/m0/s1. The quantitative estimate of drug-likeness (QED) is 0.688. The minimum Gasteiger partial charge on any atom is -0.464 e. The summed E-state index contributed by atoms with van der Waals surface area (Å²) in [5.74, 6) is -2.10. The van der Waals surface area contributed by atoms with E-state index in [1.807, 2.05) is 0 Å². The molecule has 0 bridgehead atoms. The molecule has 7 nitrogen and oxygen atoms in total. The molecule has 24 heavy (non-hydrogen) atoms. The zero-order valence-corrected chi connectivity index (χ0v) is 14.1. The normalized spacial score (nSPS) is 14.2. The van der Waals surface area contributed by atoms with Gasteiger partial charge in [-0.15, -0.1) is 0 Å². The summed E-state index contributed by atoms with van der Waals surface area (Å²) in [7, 11) is 0. The van der Waals surface area contributed by atoms with E-state index in [0.717, 1.165) is 0 Å². The number of hydrogen-bond donors (Lipinski definition) is 2. The number of rotatable bonds is 8. The summed E-state index contributed by atoms with van der Waals surface area (Å²) >= 11 is 0. The summed E-state index contributed by atoms with van der Waals surface area (Å²) in [6, 6.07) is 7.11. The Balaban J connectivity index is 2.90. The fraction of sp³-hybridized carbons (Fsp3) is 0.471. The molecule has 1 aromatic carbocycles. The lowest BCUT2D eigenvalue weighted by Crippen LogP contribution is -2.49. The van der Waals surface area contributed by atoms with Gasteiger partial charge in [-0.2, -0.15) is 0 Å². The highest BCUT2D eigenvalue weighted by atomic mass is 16.6. The van der Waals surface area contributed by atoms with Gasteiger partial charge >= 0.3 is 11.9 Å². The zero-order chi connectivity index (χ0) is 18.2. The van der Waals surface area contributed by atoms with E-state index in [1.165, 1.54) is 6.92 Å². The molecule has 7 heteroatoms. The number of carbonyl (C=O) groups is 3. The van der Waals surface area contributed by atoms with E-state index in [9.17, 15) is 19.5 Å². The summed E-state index contributed by atoms with van der Waals surface area (Å²) in [6.45, 7) is 4.66. The van der Waals surface area contributed by atoms with Gasteiger partial charge in [0.1, 0.15) is 6.04 Å². The van der Waals surface area contributed by atoms with E-state index >= 15 is 0 Å². The lowest BCUT2D eigenvalue weighted by atomic mass is 9.96. The molecule has 2 atom stereocenters. The van der Waals surface area contributed by atoms with Gasteiger partial charge in [0, 0.05) is 12.0 Å². The van der Waals surface area contributed by atoms with Crippen molar-refractivity contribution in [1.82, 2.24) is 5.32 Å². The number of nitrogens with one attached hydrogen (secondary N) is 1. The van der Waals surface area contributed by atoms with Crippen LogP contribution in [0.2, 0.25) is 0 Å². The summed E-state index contributed by atoms with van der Waals surface area (Å²) in [4.78, 5) is 36.1. The first-order valence-corrected chi connectivity index (χ1v) is 7.74. The average Bonchev–Trinajstić information content (AvgIpc) is 2.55. The lowest BCUT2D eigenvalue weighted by Gasteiger charge is -2.26. The number of hydrogen-bond acceptors (Lipinski definition) is 6. The van der Waals surface area contributed by atoms with Crippen molar-refractivity contribution < 1.29 is 29.0 Å². The van der Waals surface area contributed by atoms with Crippen molar-refractivity contribution in [2.75, 3.05) is 13.2 Å². The lowest BCUT2D eigenvalue weighted by molar-refractivity contribution is -0.165. The highest BCUT2D eigenvalue weighted by molar-refractivity contribution is 5.97. The summed E-state index contributed by atoms with van der Waals surface area (Å²) < 4.78 is 9.69. The van der Waals surface area contributed by atoms with Crippen LogP contribution >= 0.6 is 0 Å². The molecule has 0 unspecified atom stereocenters. The van der Waals surface area contributed by atoms with Crippen LogP contribution in [0.3, 0.4) is 0 Å². The largest absolute Gasteiger partial charge is 0.464 e. The highest BCUT2D eigenvalue weighted by Crippen LogP contribution is 2.16. The first-order chi connectivity index (χ1) is 11.3. The van der Waals surface area contributed by atoms with Gasteiger partial charge in [-0.3, -0.25) is 4.79 Å². The van der Waals surface area contributed by atoms with E-state index in [-0.39, 0.29) is 19.6 Å². The van der Waals surface area contributed by atoms with Crippen molar-refractivity contribution in [3.8, 4) is 0 Å². The van der Waals surface area contributed by atoms with Gasteiger partial charge in [0.05, 0.1) is 13.2 Å². The van der Waals surface area contributed by atoms with Crippen LogP contribution in [-0.2, 0) is 19.1 Å². The molecule has 1 amide bonds. The zero-order valence-electron chi connectivity index (χ0n) is 14.1. The van der Waals surface area contributed by atoms with Gasteiger partial charge in [-0.05, 0) is 32.9 Å². The molecule has 2 N–H and O–H groups in total. The second kappa shape index (κ2) is 9.02. The maximum Gasteiger partial charge on any atom is 0.337 e. The molecule has 0 fully saturated rings. The Morgan fingerprint density at radius 1 is 1.12 bits per heavy atom. The van der Waals surface area contributed by atoms with Crippen molar-refractivity contribution in [2.45, 2.75) is 38.8 Å². The number of benzene rings is 1. The fourth-order valence-electron chi connectivity index (χ4n) is 2.03. The Morgan fingerprint density at radius 3 is 2.25 bits per heavy atom. The van der Waals surface area contributed by atoms with Crippen molar-refractivity contribution >= 4 is 17.8 Å². The molecule has 1 rings (SSSR count). The first-order valence-electron chi connectivity index (χ1n) is 7.74. The second-order valence-electron chi connectivity index (χ2n) is 5.34. The van der Waals surface area contributed by atoms with Crippen molar-refractivity contribution in [3.05, 3.63) is 35.9 Å². The van der Waals surface area contributed by atoms with Crippen LogP contribution in [0.1, 0.15) is 37.6 Å². The van der Waals surface area contributed by atoms with Crippen LogP contribution in [0.5, 0.6) is 0 Å². The third kappa shape index (κ3) is 5.66. The van der Waals surface area contributed by atoms with Gasteiger partial charge in [0.15, 0.2) is 5.60 Å².